The quantitative estimate of drug-likeness (QED) is 0.794. The Hall–Kier alpha value is -1.85. The van der Waals surface area contributed by atoms with Crippen molar-refractivity contribution in [1.29, 1.82) is 0 Å². The van der Waals surface area contributed by atoms with Crippen molar-refractivity contribution in [3.8, 4) is 0 Å². The van der Waals surface area contributed by atoms with Crippen LogP contribution < -0.4 is 5.32 Å². The molecule has 0 aliphatic heterocycles. The van der Waals surface area contributed by atoms with Crippen LogP contribution in [0.4, 0.5) is 0 Å². The van der Waals surface area contributed by atoms with Gasteiger partial charge in [-0.3, -0.25) is 9.59 Å². The molecule has 6 heteroatoms. The van der Waals surface area contributed by atoms with Gasteiger partial charge in [-0.1, -0.05) is 41.9 Å². The SMILES string of the molecule is CC(C(=O)O)C(NC(=O)CCc1ccc(Cl)s1)c1ccccc1. The molecular formula is C17H18ClNO3S. The summed E-state index contributed by atoms with van der Waals surface area (Å²) in [4.78, 5) is 24.5. The van der Waals surface area contributed by atoms with Crippen molar-refractivity contribution >= 4 is 34.8 Å². The summed E-state index contributed by atoms with van der Waals surface area (Å²) < 4.78 is 0.696. The summed E-state index contributed by atoms with van der Waals surface area (Å²) in [5.41, 5.74) is 0.787. The zero-order valence-corrected chi connectivity index (χ0v) is 14.2. The topological polar surface area (TPSA) is 66.4 Å². The molecule has 1 amide bonds. The lowest BCUT2D eigenvalue weighted by molar-refractivity contribution is -0.142. The first kappa shape index (κ1) is 17.5. The zero-order chi connectivity index (χ0) is 16.8. The molecule has 0 bridgehead atoms. The van der Waals surface area contributed by atoms with Crippen molar-refractivity contribution in [1.82, 2.24) is 5.32 Å². The van der Waals surface area contributed by atoms with Crippen molar-refractivity contribution in [2.75, 3.05) is 0 Å². The maximum Gasteiger partial charge on any atom is 0.308 e. The van der Waals surface area contributed by atoms with Crippen LogP contribution in [0, 0.1) is 5.92 Å². The van der Waals surface area contributed by atoms with Gasteiger partial charge < -0.3 is 10.4 Å². The van der Waals surface area contributed by atoms with Crippen LogP contribution in [0.15, 0.2) is 42.5 Å². The summed E-state index contributed by atoms with van der Waals surface area (Å²) in [6, 6.07) is 12.3. The van der Waals surface area contributed by atoms with Gasteiger partial charge in [-0.25, -0.2) is 0 Å². The molecule has 23 heavy (non-hydrogen) atoms. The average molecular weight is 352 g/mol. The Labute approximate surface area is 144 Å². The Morgan fingerprint density at radius 1 is 1.22 bits per heavy atom. The lowest BCUT2D eigenvalue weighted by Crippen LogP contribution is -2.35. The van der Waals surface area contributed by atoms with E-state index in [1.165, 1.54) is 11.3 Å². The highest BCUT2D eigenvalue weighted by atomic mass is 35.5. The monoisotopic (exact) mass is 351 g/mol. The standard InChI is InChI=1S/C17H18ClNO3S/c1-11(17(21)22)16(12-5-3-2-4-6-12)19-15(20)10-8-13-7-9-14(18)23-13/h2-7,9,11,16H,8,10H2,1H3,(H,19,20)(H,21,22). The number of carboxylic acid groups (broad SMARTS) is 1. The number of hydrogen-bond acceptors (Lipinski definition) is 3. The smallest absolute Gasteiger partial charge is 0.308 e. The molecule has 2 unspecified atom stereocenters. The van der Waals surface area contributed by atoms with E-state index in [0.29, 0.717) is 17.2 Å². The second-order valence-corrected chi connectivity index (χ2v) is 7.09. The third kappa shape index (κ3) is 5.08. The summed E-state index contributed by atoms with van der Waals surface area (Å²) in [6.07, 6.45) is 0.888. The molecule has 0 fully saturated rings. The Balaban J connectivity index is 2.02. The van der Waals surface area contributed by atoms with Gasteiger partial charge in [0.15, 0.2) is 0 Å². The molecule has 122 valence electrons. The van der Waals surface area contributed by atoms with E-state index in [1.807, 2.05) is 36.4 Å². The zero-order valence-electron chi connectivity index (χ0n) is 12.7. The number of thiophene rings is 1. The van der Waals surface area contributed by atoms with Crippen molar-refractivity contribution in [2.24, 2.45) is 5.92 Å². The third-order valence-electron chi connectivity index (χ3n) is 3.59. The lowest BCUT2D eigenvalue weighted by atomic mass is 9.94. The predicted octanol–water partition coefficient (Wildman–Crippen LogP) is 3.91. The Bertz CT molecular complexity index is 671. The number of carbonyl (C=O) groups is 2. The minimum Gasteiger partial charge on any atom is -0.481 e. The highest BCUT2D eigenvalue weighted by molar-refractivity contribution is 7.16. The number of halogens is 1. The number of aliphatic carboxylic acids is 1. The van der Waals surface area contributed by atoms with Gasteiger partial charge in [-0.05, 0) is 31.0 Å². The van der Waals surface area contributed by atoms with Gasteiger partial charge in [0.05, 0.1) is 16.3 Å². The number of nitrogens with one attached hydrogen (secondary N) is 1. The van der Waals surface area contributed by atoms with Crippen molar-refractivity contribution in [3.63, 3.8) is 0 Å². The molecule has 0 aliphatic carbocycles. The molecule has 2 rings (SSSR count). The van der Waals surface area contributed by atoms with Crippen LogP contribution in [-0.4, -0.2) is 17.0 Å². The molecule has 0 saturated heterocycles. The first-order chi connectivity index (χ1) is 11.0. The van der Waals surface area contributed by atoms with Gasteiger partial charge in [0, 0.05) is 11.3 Å². The number of aryl methyl sites for hydroxylation is 1. The molecule has 0 spiro atoms. The second kappa shape index (κ2) is 8.13. The summed E-state index contributed by atoms with van der Waals surface area (Å²) >= 11 is 7.32. The first-order valence-corrected chi connectivity index (χ1v) is 8.48. The van der Waals surface area contributed by atoms with Crippen molar-refractivity contribution in [2.45, 2.75) is 25.8 Å². The van der Waals surface area contributed by atoms with Crippen LogP contribution in [-0.2, 0) is 16.0 Å². The van der Waals surface area contributed by atoms with E-state index in [2.05, 4.69) is 5.32 Å². The Morgan fingerprint density at radius 3 is 2.48 bits per heavy atom. The molecule has 1 aromatic heterocycles. The van der Waals surface area contributed by atoms with Gasteiger partial charge >= 0.3 is 5.97 Å². The summed E-state index contributed by atoms with van der Waals surface area (Å²) in [7, 11) is 0. The highest BCUT2D eigenvalue weighted by Crippen LogP contribution is 2.24. The molecule has 0 radical (unpaired) electrons. The van der Waals surface area contributed by atoms with E-state index >= 15 is 0 Å². The molecule has 2 aromatic rings. The van der Waals surface area contributed by atoms with Crippen LogP contribution in [0.3, 0.4) is 0 Å². The van der Waals surface area contributed by atoms with Crippen LogP contribution in [0.2, 0.25) is 4.34 Å². The summed E-state index contributed by atoms with van der Waals surface area (Å²) in [6.45, 7) is 1.60. The van der Waals surface area contributed by atoms with E-state index in [0.717, 1.165) is 10.4 Å². The molecule has 2 N–H and O–H groups in total. The van der Waals surface area contributed by atoms with Crippen LogP contribution >= 0.6 is 22.9 Å². The maximum absolute atomic E-state index is 12.2. The van der Waals surface area contributed by atoms with Crippen molar-refractivity contribution < 1.29 is 14.7 Å². The van der Waals surface area contributed by atoms with Crippen LogP contribution in [0.1, 0.15) is 29.8 Å². The number of carbonyl (C=O) groups excluding carboxylic acids is 1. The molecule has 2 atom stereocenters. The average Bonchev–Trinajstić information content (AvgIpc) is 2.96. The van der Waals surface area contributed by atoms with Gasteiger partial charge in [0.2, 0.25) is 5.91 Å². The Morgan fingerprint density at radius 2 is 1.91 bits per heavy atom. The van der Waals surface area contributed by atoms with Crippen LogP contribution in [0.5, 0.6) is 0 Å². The number of carboxylic acids is 1. The number of rotatable bonds is 7. The molecule has 0 saturated carbocycles. The largest absolute Gasteiger partial charge is 0.481 e. The maximum atomic E-state index is 12.2. The third-order valence-corrected chi connectivity index (χ3v) is 4.88. The molecule has 1 heterocycles. The first-order valence-electron chi connectivity index (χ1n) is 7.28. The number of amides is 1. The van der Waals surface area contributed by atoms with E-state index < -0.39 is 17.9 Å². The fraction of sp³-hybridized carbons (Fsp3) is 0.294. The number of benzene rings is 1. The van der Waals surface area contributed by atoms with Crippen molar-refractivity contribution in [3.05, 3.63) is 57.2 Å². The molecule has 1 aromatic carbocycles. The normalized spacial score (nSPS) is 13.3. The summed E-state index contributed by atoms with van der Waals surface area (Å²) in [5, 5.41) is 12.1. The minimum absolute atomic E-state index is 0.170. The molecular weight excluding hydrogens is 334 g/mol. The summed E-state index contributed by atoms with van der Waals surface area (Å²) in [5.74, 6) is -1.82. The van der Waals surface area contributed by atoms with Gasteiger partial charge in [-0.15, -0.1) is 11.3 Å². The van der Waals surface area contributed by atoms with Gasteiger partial charge in [0.25, 0.3) is 0 Å². The Kier molecular flexibility index (Phi) is 6.19. The van der Waals surface area contributed by atoms with E-state index in [1.54, 1.807) is 13.0 Å². The molecule has 0 aliphatic rings. The minimum atomic E-state index is -0.941. The van der Waals surface area contributed by atoms with E-state index in [9.17, 15) is 14.7 Å². The van der Waals surface area contributed by atoms with E-state index in [4.69, 9.17) is 11.6 Å². The predicted molar refractivity (Wildman–Crippen MR) is 91.8 cm³/mol. The molecule has 4 nitrogen and oxygen atoms in total. The van der Waals surface area contributed by atoms with E-state index in [-0.39, 0.29) is 5.91 Å². The fourth-order valence-electron chi connectivity index (χ4n) is 2.27. The second-order valence-electron chi connectivity index (χ2n) is 5.29. The fourth-order valence-corrected chi connectivity index (χ4v) is 3.36. The van der Waals surface area contributed by atoms with Gasteiger partial charge in [-0.2, -0.15) is 0 Å². The van der Waals surface area contributed by atoms with Gasteiger partial charge in [0.1, 0.15) is 0 Å². The highest BCUT2D eigenvalue weighted by Gasteiger charge is 2.26. The number of hydrogen-bond donors (Lipinski definition) is 2. The van der Waals surface area contributed by atoms with Crippen LogP contribution in [0.25, 0.3) is 0 Å². The lowest BCUT2D eigenvalue weighted by Gasteiger charge is -2.23.